The van der Waals surface area contributed by atoms with Gasteiger partial charge in [0.1, 0.15) is 11.9 Å². The van der Waals surface area contributed by atoms with Crippen molar-refractivity contribution in [1.29, 1.82) is 0 Å². The number of Topliss-reactive ketones (excluding diaryl/α,β-unsaturated/α-hetero) is 1. The summed E-state index contributed by atoms with van der Waals surface area (Å²) < 4.78 is 6.45. The molecule has 5 fully saturated rings. The molecule has 2 aliphatic heterocycles. The average Bonchev–Trinajstić information content (AvgIpc) is 3.43. The lowest BCUT2D eigenvalue weighted by Gasteiger charge is -2.61. The Bertz CT molecular complexity index is 1390. The van der Waals surface area contributed by atoms with Crippen molar-refractivity contribution in [1.82, 2.24) is 14.7 Å². The van der Waals surface area contributed by atoms with Crippen molar-refractivity contribution < 1.29 is 24.2 Å². The quantitative estimate of drug-likeness (QED) is 0.332. The van der Waals surface area contributed by atoms with E-state index in [1.54, 1.807) is 0 Å². The molecule has 6 rings (SSSR count). The van der Waals surface area contributed by atoms with E-state index in [4.69, 9.17) is 16.3 Å². The Morgan fingerprint density at radius 2 is 1.65 bits per heavy atom. The number of anilines is 1. The predicted molar refractivity (Wildman–Crippen MR) is 188 cm³/mol. The lowest BCUT2D eigenvalue weighted by atomic mass is 9.44. The van der Waals surface area contributed by atoms with Gasteiger partial charge in [0.15, 0.2) is 0 Å². The smallest absolute Gasteiger partial charge is 0.320 e. The summed E-state index contributed by atoms with van der Waals surface area (Å²) in [4.78, 5) is 49.1. The molecule has 0 radical (unpaired) electrons. The molecule has 0 spiro atoms. The minimum atomic E-state index is -0.681. The largest absolute Gasteiger partial charge is 0.461 e. The standard InChI is InChI=1S/C38H55ClN4O5/c1-6-36(4)23-31(37(5)26(2)11-13-38(27(3)35(36)47)14-12-30(44)34(37)38)48-33(46)25-41-17-21-43(22-18-41)32(45)24-40-15-19-42(20-16-40)29-10-8-7-9-28(29)39/h6-10,26-27,31,34-35,47H,1,11-25H2,2-5H3/t26-,27+,31-,34+,35+,36-,37+,38+/m1/s1. The lowest BCUT2D eigenvalue weighted by molar-refractivity contribution is -0.207. The number of hydrogen-bond acceptors (Lipinski definition) is 8. The van der Waals surface area contributed by atoms with Crippen LogP contribution in [0.1, 0.15) is 59.8 Å². The van der Waals surface area contributed by atoms with Gasteiger partial charge in [0.05, 0.1) is 29.9 Å². The SMILES string of the molecule is C=C[C@]1(C)C[C@@H](OC(=O)CN2CCN(C(=O)CN3CCN(c4ccccc4Cl)CC3)CC2)[C@]2(C)[C@H](C)CC[C@]3(CCC(=O)[C@H]32)[C@@H](C)[C@@H]1O. The fourth-order valence-corrected chi connectivity index (χ4v) is 10.4. The van der Waals surface area contributed by atoms with E-state index in [-0.39, 0.29) is 47.4 Å². The van der Waals surface area contributed by atoms with Gasteiger partial charge in [-0.2, -0.15) is 0 Å². The summed E-state index contributed by atoms with van der Waals surface area (Å²) in [5, 5.41) is 12.5. The first kappa shape index (κ1) is 35.4. The van der Waals surface area contributed by atoms with Gasteiger partial charge in [0.2, 0.25) is 5.91 Å². The molecule has 264 valence electrons. The minimum Gasteiger partial charge on any atom is -0.461 e. The minimum absolute atomic E-state index is 0.0579. The number of ketones is 1. The van der Waals surface area contributed by atoms with Gasteiger partial charge in [-0.25, -0.2) is 0 Å². The number of benzene rings is 1. The predicted octanol–water partition coefficient (Wildman–Crippen LogP) is 4.51. The molecule has 10 heteroatoms. The van der Waals surface area contributed by atoms with Crippen molar-refractivity contribution in [2.24, 2.45) is 34.0 Å². The van der Waals surface area contributed by atoms with Crippen LogP contribution in [0.15, 0.2) is 36.9 Å². The van der Waals surface area contributed by atoms with Gasteiger partial charge < -0.3 is 19.6 Å². The molecular formula is C38H55ClN4O5. The van der Waals surface area contributed by atoms with Crippen LogP contribution in [0, 0.1) is 34.0 Å². The van der Waals surface area contributed by atoms with E-state index < -0.39 is 23.0 Å². The van der Waals surface area contributed by atoms with Crippen LogP contribution in [0.25, 0.3) is 0 Å². The lowest BCUT2D eigenvalue weighted by Crippen LogP contribution is -2.63. The molecule has 5 aliphatic rings. The highest BCUT2D eigenvalue weighted by Gasteiger charge is 2.68. The van der Waals surface area contributed by atoms with Gasteiger partial charge in [-0.05, 0) is 55.1 Å². The van der Waals surface area contributed by atoms with Crippen molar-refractivity contribution in [3.63, 3.8) is 0 Å². The van der Waals surface area contributed by atoms with Crippen LogP contribution < -0.4 is 4.90 Å². The number of carbonyl (C=O) groups is 3. The molecule has 0 unspecified atom stereocenters. The maximum Gasteiger partial charge on any atom is 0.320 e. The number of amides is 1. The number of carbonyl (C=O) groups excluding carboxylic acids is 3. The molecule has 2 bridgehead atoms. The first-order chi connectivity index (χ1) is 22.8. The second kappa shape index (κ2) is 13.7. The number of para-hydroxylation sites is 1. The van der Waals surface area contributed by atoms with Gasteiger partial charge in [-0.3, -0.25) is 24.2 Å². The molecule has 2 heterocycles. The van der Waals surface area contributed by atoms with Crippen LogP contribution in [-0.4, -0.2) is 115 Å². The molecule has 1 aromatic carbocycles. The van der Waals surface area contributed by atoms with E-state index >= 15 is 0 Å². The fourth-order valence-electron chi connectivity index (χ4n) is 10.2. The number of ether oxygens (including phenoxy) is 1. The summed E-state index contributed by atoms with van der Waals surface area (Å²) in [5.41, 5.74) is -0.429. The highest BCUT2D eigenvalue weighted by molar-refractivity contribution is 6.33. The second-order valence-electron chi connectivity index (χ2n) is 15.9. The number of hydrogen-bond donors (Lipinski definition) is 1. The van der Waals surface area contributed by atoms with Crippen LogP contribution in [0.2, 0.25) is 5.02 Å². The van der Waals surface area contributed by atoms with E-state index in [0.717, 1.165) is 56.2 Å². The van der Waals surface area contributed by atoms with E-state index in [2.05, 4.69) is 42.0 Å². The monoisotopic (exact) mass is 682 g/mol. The number of piperazine rings is 2. The van der Waals surface area contributed by atoms with Crippen LogP contribution in [0.4, 0.5) is 5.69 Å². The zero-order valence-corrected chi connectivity index (χ0v) is 30.1. The Kier molecular flexibility index (Phi) is 10.1. The number of nitrogens with zero attached hydrogens (tertiary/aromatic N) is 4. The van der Waals surface area contributed by atoms with Gasteiger partial charge in [0.25, 0.3) is 0 Å². The average molecular weight is 683 g/mol. The highest BCUT2D eigenvalue weighted by Crippen LogP contribution is 2.68. The molecule has 48 heavy (non-hydrogen) atoms. The maximum absolute atomic E-state index is 13.7. The van der Waals surface area contributed by atoms with Crippen molar-refractivity contribution in [2.45, 2.75) is 72.0 Å². The topological polar surface area (TPSA) is 93.6 Å². The summed E-state index contributed by atoms with van der Waals surface area (Å²) in [6.45, 7) is 18.8. The normalized spacial score (nSPS) is 37.8. The van der Waals surface area contributed by atoms with E-state index in [1.165, 1.54) is 0 Å². The maximum atomic E-state index is 13.7. The Morgan fingerprint density at radius 1 is 1.00 bits per heavy atom. The molecule has 0 aromatic heterocycles. The Hall–Kier alpha value is -2.46. The van der Waals surface area contributed by atoms with Crippen molar-refractivity contribution in [3.8, 4) is 0 Å². The van der Waals surface area contributed by atoms with E-state index in [0.29, 0.717) is 45.6 Å². The molecule has 1 aromatic rings. The van der Waals surface area contributed by atoms with Gasteiger partial charge in [-0.1, -0.05) is 57.5 Å². The van der Waals surface area contributed by atoms with Crippen LogP contribution >= 0.6 is 11.6 Å². The zero-order valence-electron chi connectivity index (χ0n) is 29.3. The van der Waals surface area contributed by atoms with E-state index in [1.807, 2.05) is 42.2 Å². The van der Waals surface area contributed by atoms with Crippen LogP contribution in [0.3, 0.4) is 0 Å². The third-order valence-corrected chi connectivity index (χ3v) is 13.9. The Labute approximate surface area is 291 Å². The molecule has 9 nitrogen and oxygen atoms in total. The molecular weight excluding hydrogens is 628 g/mol. The summed E-state index contributed by atoms with van der Waals surface area (Å²) in [6, 6.07) is 7.88. The van der Waals surface area contributed by atoms with Crippen molar-refractivity contribution in [2.75, 3.05) is 70.3 Å². The fraction of sp³-hybridized carbons (Fsp3) is 0.711. The third-order valence-electron chi connectivity index (χ3n) is 13.6. The van der Waals surface area contributed by atoms with Gasteiger partial charge in [0, 0.05) is 75.5 Å². The van der Waals surface area contributed by atoms with Gasteiger partial charge >= 0.3 is 5.97 Å². The Balaban J connectivity index is 1.05. The first-order valence-electron chi connectivity index (χ1n) is 18.1. The second-order valence-corrected chi connectivity index (χ2v) is 16.3. The number of aliphatic hydroxyl groups excluding tert-OH is 1. The molecule has 2 saturated heterocycles. The number of aliphatic hydroxyl groups is 1. The molecule has 8 atom stereocenters. The van der Waals surface area contributed by atoms with Crippen LogP contribution in [-0.2, 0) is 19.1 Å². The molecule has 3 saturated carbocycles. The summed E-state index contributed by atoms with van der Waals surface area (Å²) in [7, 11) is 0. The van der Waals surface area contributed by atoms with E-state index in [9.17, 15) is 19.5 Å². The molecule has 1 N–H and O–H groups in total. The van der Waals surface area contributed by atoms with Crippen molar-refractivity contribution >= 4 is 34.9 Å². The number of esters is 1. The molecule has 1 amide bonds. The molecule has 3 aliphatic carbocycles. The van der Waals surface area contributed by atoms with Gasteiger partial charge in [-0.15, -0.1) is 6.58 Å². The van der Waals surface area contributed by atoms with Crippen molar-refractivity contribution in [3.05, 3.63) is 41.9 Å². The summed E-state index contributed by atoms with van der Waals surface area (Å²) >= 11 is 6.39. The number of halogens is 1. The Morgan fingerprint density at radius 3 is 2.31 bits per heavy atom. The highest BCUT2D eigenvalue weighted by atomic mass is 35.5. The first-order valence-corrected chi connectivity index (χ1v) is 18.5. The zero-order chi connectivity index (χ0) is 34.4. The van der Waals surface area contributed by atoms with Crippen LogP contribution in [0.5, 0.6) is 0 Å². The third kappa shape index (κ3) is 6.22. The summed E-state index contributed by atoms with van der Waals surface area (Å²) in [5.74, 6) is -0.0222. The number of rotatable bonds is 7. The summed E-state index contributed by atoms with van der Waals surface area (Å²) in [6.07, 6.45) is 4.24.